The number of thiophene rings is 1. The number of nitrogens with two attached hydrogens (primary N) is 1. The van der Waals surface area contributed by atoms with E-state index in [9.17, 15) is 5.26 Å². The molecule has 0 bridgehead atoms. The highest BCUT2D eigenvalue weighted by atomic mass is 32.1. The number of hydrogen-bond acceptors (Lipinski definition) is 7. The number of ether oxygens (including phenoxy) is 1. The van der Waals surface area contributed by atoms with Gasteiger partial charge in [-0.25, -0.2) is 9.50 Å². The molecule has 0 aliphatic heterocycles. The van der Waals surface area contributed by atoms with Gasteiger partial charge in [-0.05, 0) is 35.0 Å². The number of benzene rings is 1. The van der Waals surface area contributed by atoms with Crippen LogP contribution >= 0.6 is 11.3 Å². The lowest BCUT2D eigenvalue weighted by atomic mass is 10.1. The second kappa shape index (κ2) is 7.96. The monoisotopic (exact) mass is 449 g/mol. The number of fused-ring (bicyclic) bond motifs is 2. The summed E-state index contributed by atoms with van der Waals surface area (Å²) in [5.41, 5.74) is 10.0. The summed E-state index contributed by atoms with van der Waals surface area (Å²) in [5.74, 6) is 1.15. The van der Waals surface area contributed by atoms with Gasteiger partial charge in [0, 0.05) is 16.0 Å². The van der Waals surface area contributed by atoms with Gasteiger partial charge in [0.2, 0.25) is 9.76 Å². The second-order valence-corrected chi connectivity index (χ2v) is 11.4. The highest BCUT2D eigenvalue weighted by Crippen LogP contribution is 2.44. The van der Waals surface area contributed by atoms with Crippen LogP contribution in [0.5, 0.6) is 5.75 Å². The molecule has 2 radical (unpaired) electrons. The standard InChI is InChI=1S/C22H23N5O2SSi/c1-12-6-13-8-17(30-20(13)16(7-12)28-5)18-14(10-29-31-22(2,3)4)15(9-23)27-19(18)21(24)25-11-26-27/h6-8,11H,10H2,1-5H3,(H2,24,25,26). The third-order valence-electron chi connectivity index (χ3n) is 4.75. The lowest BCUT2D eigenvalue weighted by Gasteiger charge is -2.16. The van der Waals surface area contributed by atoms with E-state index < -0.39 is 0 Å². The number of aromatic nitrogens is 3. The van der Waals surface area contributed by atoms with Crippen LogP contribution in [0.3, 0.4) is 0 Å². The molecule has 0 fully saturated rings. The highest BCUT2D eigenvalue weighted by molar-refractivity contribution is 7.22. The van der Waals surface area contributed by atoms with E-state index in [-0.39, 0.29) is 14.8 Å². The van der Waals surface area contributed by atoms with Crippen molar-refractivity contribution in [1.82, 2.24) is 14.6 Å². The van der Waals surface area contributed by atoms with Crippen molar-refractivity contribution in [3.63, 3.8) is 0 Å². The van der Waals surface area contributed by atoms with Gasteiger partial charge in [0.1, 0.15) is 29.4 Å². The van der Waals surface area contributed by atoms with Gasteiger partial charge in [-0.3, -0.25) is 0 Å². The molecule has 2 N–H and O–H groups in total. The Kier molecular flexibility index (Phi) is 5.47. The fourth-order valence-corrected chi connectivity index (χ4v) is 5.40. The van der Waals surface area contributed by atoms with Crippen molar-refractivity contribution in [2.75, 3.05) is 12.8 Å². The van der Waals surface area contributed by atoms with Crippen LogP contribution in [0, 0.1) is 18.3 Å². The molecule has 3 heterocycles. The Labute approximate surface area is 187 Å². The molecule has 9 heteroatoms. The smallest absolute Gasteiger partial charge is 0.236 e. The Morgan fingerprint density at radius 1 is 1.29 bits per heavy atom. The maximum absolute atomic E-state index is 9.94. The third kappa shape index (κ3) is 3.90. The van der Waals surface area contributed by atoms with Gasteiger partial charge in [-0.15, -0.1) is 11.3 Å². The zero-order chi connectivity index (χ0) is 22.3. The summed E-state index contributed by atoms with van der Waals surface area (Å²) in [6, 6.07) is 8.54. The predicted octanol–water partition coefficient (Wildman–Crippen LogP) is 4.74. The molecule has 1 aromatic carbocycles. The SMILES string of the molecule is COc1cc(C)cc2cc(-c3c(CO[Si]C(C)(C)C)c(C#N)n4ncnc(N)c34)sc12. The normalized spacial score (nSPS) is 11.9. The second-order valence-electron chi connectivity index (χ2n) is 8.36. The first-order chi connectivity index (χ1) is 14.7. The van der Waals surface area contributed by atoms with Gasteiger partial charge in [0.25, 0.3) is 0 Å². The van der Waals surface area contributed by atoms with Crippen LogP contribution in [0.1, 0.15) is 37.6 Å². The number of nitrogen functional groups attached to an aromatic ring is 1. The van der Waals surface area contributed by atoms with E-state index in [4.69, 9.17) is 14.9 Å². The topological polar surface area (TPSA) is 98.5 Å². The summed E-state index contributed by atoms with van der Waals surface area (Å²) in [6.45, 7) is 8.70. The molecule has 0 unspecified atom stereocenters. The number of anilines is 1. The first kappa shape index (κ1) is 21.3. The van der Waals surface area contributed by atoms with Crippen LogP contribution < -0.4 is 10.5 Å². The Balaban J connectivity index is 1.97. The molecule has 0 amide bonds. The lowest BCUT2D eigenvalue weighted by Crippen LogP contribution is -2.12. The van der Waals surface area contributed by atoms with Gasteiger partial charge in [-0.1, -0.05) is 26.8 Å². The molecule has 0 saturated carbocycles. The van der Waals surface area contributed by atoms with Crippen molar-refractivity contribution < 1.29 is 9.16 Å². The summed E-state index contributed by atoms with van der Waals surface area (Å²) in [5, 5.41) is 15.4. The first-order valence-electron chi connectivity index (χ1n) is 9.75. The Morgan fingerprint density at radius 3 is 2.74 bits per heavy atom. The minimum absolute atomic E-state index is 0.0352. The number of aryl methyl sites for hydroxylation is 1. The van der Waals surface area contributed by atoms with Crippen LogP contribution in [0.25, 0.3) is 26.0 Å². The fraction of sp³-hybridized carbons (Fsp3) is 0.318. The minimum Gasteiger partial charge on any atom is -0.495 e. The molecule has 0 spiro atoms. The quantitative estimate of drug-likeness (QED) is 0.442. The summed E-state index contributed by atoms with van der Waals surface area (Å²) in [7, 11) is 1.96. The lowest BCUT2D eigenvalue weighted by molar-refractivity contribution is 0.309. The third-order valence-corrected chi connectivity index (χ3v) is 6.83. The molecule has 4 rings (SSSR count). The van der Waals surface area contributed by atoms with Crippen LogP contribution in [0.2, 0.25) is 5.04 Å². The number of methoxy groups -OCH3 is 1. The molecular formula is C22H23N5O2SSi. The molecule has 0 aliphatic rings. The zero-order valence-corrected chi connectivity index (χ0v) is 19.9. The van der Waals surface area contributed by atoms with E-state index in [1.54, 1.807) is 23.0 Å². The van der Waals surface area contributed by atoms with Crippen molar-refractivity contribution in [1.29, 1.82) is 5.26 Å². The van der Waals surface area contributed by atoms with E-state index in [1.807, 2.05) is 13.0 Å². The number of rotatable bonds is 5. The molecule has 4 aromatic rings. The van der Waals surface area contributed by atoms with Crippen LogP contribution in [-0.2, 0) is 11.0 Å². The molecule has 3 aromatic heterocycles. The van der Waals surface area contributed by atoms with Gasteiger partial charge >= 0.3 is 0 Å². The maximum atomic E-state index is 9.94. The van der Waals surface area contributed by atoms with Crippen molar-refractivity contribution in [3.8, 4) is 22.3 Å². The van der Waals surface area contributed by atoms with Crippen molar-refractivity contribution in [3.05, 3.63) is 41.3 Å². The van der Waals surface area contributed by atoms with E-state index >= 15 is 0 Å². The molecule has 158 valence electrons. The average molecular weight is 450 g/mol. The fourth-order valence-electron chi connectivity index (χ4n) is 3.54. The van der Waals surface area contributed by atoms with E-state index in [1.165, 1.54) is 6.33 Å². The van der Waals surface area contributed by atoms with Crippen molar-refractivity contribution in [2.45, 2.75) is 39.3 Å². The Hall–Kier alpha value is -2.93. The van der Waals surface area contributed by atoms with Gasteiger partial charge in [0.15, 0.2) is 5.82 Å². The molecule has 0 atom stereocenters. The van der Waals surface area contributed by atoms with Crippen LogP contribution in [-0.4, -0.2) is 31.5 Å². The summed E-state index contributed by atoms with van der Waals surface area (Å²) in [4.78, 5) is 5.15. The van der Waals surface area contributed by atoms with Crippen molar-refractivity contribution >= 4 is 42.5 Å². The Bertz CT molecular complexity index is 1330. The summed E-state index contributed by atoms with van der Waals surface area (Å²) >= 11 is 1.60. The Morgan fingerprint density at radius 2 is 2.06 bits per heavy atom. The van der Waals surface area contributed by atoms with E-state index in [0.717, 1.165) is 37.4 Å². The maximum Gasteiger partial charge on any atom is 0.236 e. The molecule has 31 heavy (non-hydrogen) atoms. The van der Waals surface area contributed by atoms with Crippen molar-refractivity contribution in [2.24, 2.45) is 0 Å². The largest absolute Gasteiger partial charge is 0.495 e. The number of nitriles is 1. The average Bonchev–Trinajstić information content (AvgIpc) is 3.25. The first-order valence-corrected chi connectivity index (χ1v) is 11.5. The summed E-state index contributed by atoms with van der Waals surface area (Å²) in [6.07, 6.45) is 1.37. The van der Waals surface area contributed by atoms with E-state index in [2.05, 4.69) is 49.1 Å². The zero-order valence-electron chi connectivity index (χ0n) is 18.1. The summed E-state index contributed by atoms with van der Waals surface area (Å²) < 4.78 is 14.3. The van der Waals surface area contributed by atoms with Crippen LogP contribution in [0.15, 0.2) is 24.5 Å². The minimum atomic E-state index is 0.0352. The van der Waals surface area contributed by atoms with Gasteiger partial charge in [0.05, 0.1) is 18.4 Å². The molecular weight excluding hydrogens is 426 g/mol. The molecule has 7 nitrogen and oxygen atoms in total. The molecule has 0 saturated heterocycles. The van der Waals surface area contributed by atoms with Crippen LogP contribution in [0.4, 0.5) is 5.82 Å². The highest BCUT2D eigenvalue weighted by Gasteiger charge is 2.25. The predicted molar refractivity (Wildman–Crippen MR) is 124 cm³/mol. The number of nitrogens with zero attached hydrogens (tertiary/aromatic N) is 4. The molecule has 0 aliphatic carbocycles. The van der Waals surface area contributed by atoms with E-state index in [0.29, 0.717) is 23.6 Å². The van der Waals surface area contributed by atoms with Gasteiger partial charge in [-0.2, -0.15) is 10.4 Å². The number of hydrogen-bond donors (Lipinski definition) is 1. The van der Waals surface area contributed by atoms with Gasteiger partial charge < -0.3 is 14.9 Å².